The Bertz CT molecular complexity index is 436. The molecule has 1 amide bonds. The van der Waals surface area contributed by atoms with Crippen LogP contribution in [0.4, 0.5) is 5.13 Å². The van der Waals surface area contributed by atoms with Gasteiger partial charge in [0.05, 0.1) is 5.69 Å². The predicted molar refractivity (Wildman–Crippen MR) is 77.6 cm³/mol. The van der Waals surface area contributed by atoms with Gasteiger partial charge in [0.1, 0.15) is 0 Å². The third-order valence-corrected chi connectivity index (χ3v) is 4.67. The second-order valence-electron chi connectivity index (χ2n) is 5.59. The zero-order valence-corrected chi connectivity index (χ0v) is 12.0. The second kappa shape index (κ2) is 6.01. The molecule has 0 spiro atoms. The van der Waals surface area contributed by atoms with Gasteiger partial charge >= 0.3 is 0 Å². The summed E-state index contributed by atoms with van der Waals surface area (Å²) in [5, 5.41) is 9.24. The van der Waals surface area contributed by atoms with Crippen molar-refractivity contribution < 1.29 is 4.79 Å². The van der Waals surface area contributed by atoms with Crippen molar-refractivity contribution in [3.8, 4) is 0 Å². The third-order valence-electron chi connectivity index (χ3n) is 3.90. The Balaban J connectivity index is 1.42. The lowest BCUT2D eigenvalue weighted by molar-refractivity contribution is -0.116. The molecule has 1 atom stereocenters. The second-order valence-corrected chi connectivity index (χ2v) is 6.44. The molecule has 2 N–H and O–H groups in total. The van der Waals surface area contributed by atoms with E-state index in [4.69, 9.17) is 0 Å². The number of carbonyl (C=O) groups excluding carboxylic acids is 1. The van der Waals surface area contributed by atoms with Crippen LogP contribution in [0.15, 0.2) is 5.38 Å². The van der Waals surface area contributed by atoms with Gasteiger partial charge in [0.2, 0.25) is 5.91 Å². The van der Waals surface area contributed by atoms with Gasteiger partial charge in [-0.2, -0.15) is 0 Å². The average Bonchev–Trinajstić information content (AvgIpc) is 3.19. The van der Waals surface area contributed by atoms with Crippen molar-refractivity contribution in [2.45, 2.75) is 56.9 Å². The van der Waals surface area contributed by atoms with E-state index in [2.05, 4.69) is 21.0 Å². The highest BCUT2D eigenvalue weighted by molar-refractivity contribution is 7.13. The summed E-state index contributed by atoms with van der Waals surface area (Å²) in [6, 6.07) is 0.526. The number of rotatable bonds is 5. The maximum absolute atomic E-state index is 11.9. The summed E-state index contributed by atoms with van der Waals surface area (Å²) in [7, 11) is 0. The Morgan fingerprint density at radius 3 is 3.05 bits per heavy atom. The highest BCUT2D eigenvalue weighted by Crippen LogP contribution is 2.40. The Kier molecular flexibility index (Phi) is 4.13. The molecule has 2 aliphatic rings. The van der Waals surface area contributed by atoms with Crippen LogP contribution >= 0.6 is 11.3 Å². The van der Waals surface area contributed by atoms with Crippen LogP contribution < -0.4 is 10.6 Å². The fraction of sp³-hybridized carbons (Fsp3) is 0.714. The van der Waals surface area contributed by atoms with Crippen LogP contribution in [0, 0.1) is 0 Å². The van der Waals surface area contributed by atoms with E-state index in [1.165, 1.54) is 32.1 Å². The molecule has 1 unspecified atom stereocenters. The molecule has 3 rings (SSSR count). The van der Waals surface area contributed by atoms with Crippen LogP contribution in [0.1, 0.15) is 56.6 Å². The number of carbonyl (C=O) groups is 1. The quantitative estimate of drug-likeness (QED) is 0.871. The molecule has 0 bridgehead atoms. The first-order valence-corrected chi connectivity index (χ1v) is 8.18. The van der Waals surface area contributed by atoms with Gasteiger partial charge in [0, 0.05) is 23.8 Å². The lowest BCUT2D eigenvalue weighted by atomic mass is 10.0. The van der Waals surface area contributed by atoms with Crippen molar-refractivity contribution in [1.82, 2.24) is 10.3 Å². The summed E-state index contributed by atoms with van der Waals surface area (Å²) >= 11 is 1.55. The smallest absolute Gasteiger partial charge is 0.226 e. The summed E-state index contributed by atoms with van der Waals surface area (Å²) in [5.41, 5.74) is 1.16. The van der Waals surface area contributed by atoms with Crippen molar-refractivity contribution >= 4 is 22.4 Å². The molecule has 1 aromatic heterocycles. The van der Waals surface area contributed by atoms with Gasteiger partial charge in [-0.15, -0.1) is 11.3 Å². The number of hydrogen-bond acceptors (Lipinski definition) is 4. The lowest BCUT2D eigenvalue weighted by Gasteiger charge is -2.22. The van der Waals surface area contributed by atoms with Crippen molar-refractivity contribution in [2.24, 2.45) is 0 Å². The fourth-order valence-corrected chi connectivity index (χ4v) is 3.38. The number of nitrogens with one attached hydrogen (secondary N) is 2. The number of hydrogen-bond donors (Lipinski definition) is 2. The molecule has 1 aromatic rings. The SMILES string of the molecule is O=C(CCC1CCCCN1)Nc1nc(C2CC2)cs1. The summed E-state index contributed by atoms with van der Waals surface area (Å²) in [6.07, 6.45) is 7.80. The lowest BCUT2D eigenvalue weighted by Crippen LogP contribution is -2.34. The van der Waals surface area contributed by atoms with Crippen LogP contribution in [0.25, 0.3) is 0 Å². The molecule has 19 heavy (non-hydrogen) atoms. The molecule has 2 heterocycles. The Morgan fingerprint density at radius 2 is 2.32 bits per heavy atom. The highest BCUT2D eigenvalue weighted by Gasteiger charge is 2.26. The van der Waals surface area contributed by atoms with Crippen LogP contribution in [0.3, 0.4) is 0 Å². The summed E-state index contributed by atoms with van der Waals surface area (Å²) < 4.78 is 0. The number of anilines is 1. The number of thiazole rings is 1. The fourth-order valence-electron chi connectivity index (χ4n) is 2.57. The zero-order valence-electron chi connectivity index (χ0n) is 11.2. The minimum absolute atomic E-state index is 0.101. The molecule has 4 nitrogen and oxygen atoms in total. The first-order chi connectivity index (χ1) is 9.31. The van der Waals surface area contributed by atoms with Crippen LogP contribution in [0.5, 0.6) is 0 Å². The van der Waals surface area contributed by atoms with Crippen molar-refractivity contribution in [3.05, 3.63) is 11.1 Å². The van der Waals surface area contributed by atoms with Gasteiger partial charge in [-0.1, -0.05) is 6.42 Å². The first kappa shape index (κ1) is 13.1. The van der Waals surface area contributed by atoms with E-state index in [9.17, 15) is 4.79 Å². The van der Waals surface area contributed by atoms with Gasteiger partial charge in [0.25, 0.3) is 0 Å². The van der Waals surface area contributed by atoms with E-state index in [0.29, 0.717) is 18.4 Å². The molecule has 5 heteroatoms. The van der Waals surface area contributed by atoms with E-state index in [1.54, 1.807) is 11.3 Å². The van der Waals surface area contributed by atoms with Crippen LogP contribution in [-0.4, -0.2) is 23.5 Å². The summed E-state index contributed by atoms with van der Waals surface area (Å²) in [5.74, 6) is 0.761. The molecule has 104 valence electrons. The maximum atomic E-state index is 11.9. The molecule has 0 radical (unpaired) electrons. The Labute approximate surface area is 118 Å². The zero-order chi connectivity index (χ0) is 13.1. The molecule has 1 saturated carbocycles. The number of nitrogens with zero attached hydrogens (tertiary/aromatic N) is 1. The maximum Gasteiger partial charge on any atom is 0.226 e. The monoisotopic (exact) mass is 279 g/mol. The molecular weight excluding hydrogens is 258 g/mol. The molecule has 2 fully saturated rings. The van der Waals surface area contributed by atoms with Gasteiger partial charge in [-0.25, -0.2) is 4.98 Å². The molecular formula is C14H21N3OS. The van der Waals surface area contributed by atoms with Crippen LogP contribution in [-0.2, 0) is 4.79 Å². The van der Waals surface area contributed by atoms with Gasteiger partial charge < -0.3 is 10.6 Å². The predicted octanol–water partition coefficient (Wildman–Crippen LogP) is 2.88. The Morgan fingerprint density at radius 1 is 1.42 bits per heavy atom. The summed E-state index contributed by atoms with van der Waals surface area (Å²) in [6.45, 7) is 1.10. The molecule has 1 aliphatic heterocycles. The van der Waals surface area contributed by atoms with Crippen molar-refractivity contribution in [2.75, 3.05) is 11.9 Å². The largest absolute Gasteiger partial charge is 0.314 e. The first-order valence-electron chi connectivity index (χ1n) is 7.30. The third kappa shape index (κ3) is 3.76. The average molecular weight is 279 g/mol. The van der Waals surface area contributed by atoms with Gasteiger partial charge in [-0.3, -0.25) is 4.79 Å². The number of piperidine rings is 1. The van der Waals surface area contributed by atoms with Crippen LogP contribution in [0.2, 0.25) is 0 Å². The number of aromatic nitrogens is 1. The standard InChI is InChI=1S/C14H21N3OS/c18-13(7-6-11-3-1-2-8-15-11)17-14-16-12(9-19-14)10-4-5-10/h9-11,15H,1-8H2,(H,16,17,18). The van der Waals surface area contributed by atoms with E-state index in [0.717, 1.165) is 23.8 Å². The summed E-state index contributed by atoms with van der Waals surface area (Å²) in [4.78, 5) is 16.4. The molecule has 1 saturated heterocycles. The highest BCUT2D eigenvalue weighted by atomic mass is 32.1. The van der Waals surface area contributed by atoms with Gasteiger partial charge in [-0.05, 0) is 38.6 Å². The number of amides is 1. The topological polar surface area (TPSA) is 54.0 Å². The van der Waals surface area contributed by atoms with E-state index in [1.807, 2.05) is 0 Å². The minimum Gasteiger partial charge on any atom is -0.314 e. The minimum atomic E-state index is 0.101. The van der Waals surface area contributed by atoms with E-state index >= 15 is 0 Å². The van der Waals surface area contributed by atoms with E-state index < -0.39 is 0 Å². The molecule has 1 aliphatic carbocycles. The van der Waals surface area contributed by atoms with Crippen molar-refractivity contribution in [1.29, 1.82) is 0 Å². The normalized spacial score (nSPS) is 23.3. The van der Waals surface area contributed by atoms with E-state index in [-0.39, 0.29) is 5.91 Å². The molecule has 0 aromatic carbocycles. The van der Waals surface area contributed by atoms with Crippen molar-refractivity contribution in [3.63, 3.8) is 0 Å². The Hall–Kier alpha value is -0.940. The van der Waals surface area contributed by atoms with Gasteiger partial charge in [0.15, 0.2) is 5.13 Å².